The molecule has 26 heavy (non-hydrogen) atoms. The summed E-state index contributed by atoms with van der Waals surface area (Å²) in [7, 11) is 0. The Labute approximate surface area is 156 Å². The van der Waals surface area contributed by atoms with E-state index in [1.807, 2.05) is 10.9 Å². The number of rotatable bonds is 4. The van der Waals surface area contributed by atoms with E-state index in [-0.39, 0.29) is 11.5 Å². The lowest BCUT2D eigenvalue weighted by atomic mass is 9.91. The molecule has 2 aromatic rings. The molecule has 1 unspecified atom stereocenters. The van der Waals surface area contributed by atoms with E-state index in [4.69, 9.17) is 14.7 Å². The minimum atomic E-state index is -0.00468. The monoisotopic (exact) mass is 357 g/mol. The average Bonchev–Trinajstić information content (AvgIpc) is 3.10. The number of nitrogens with zero attached hydrogens (tertiary/aromatic N) is 5. The van der Waals surface area contributed by atoms with E-state index in [0.717, 1.165) is 42.5 Å². The van der Waals surface area contributed by atoms with Crippen LogP contribution in [0, 0.1) is 0 Å². The van der Waals surface area contributed by atoms with Crippen LogP contribution in [0.4, 0.5) is 5.82 Å². The molecule has 1 saturated heterocycles. The highest BCUT2D eigenvalue weighted by atomic mass is 16.5. The average molecular weight is 358 g/mol. The van der Waals surface area contributed by atoms with Crippen molar-refractivity contribution in [2.45, 2.75) is 65.5 Å². The fraction of sp³-hybridized carbons (Fsp3) is 0.650. The lowest BCUT2D eigenvalue weighted by Crippen LogP contribution is -2.39. The summed E-state index contributed by atoms with van der Waals surface area (Å²) >= 11 is 0. The van der Waals surface area contributed by atoms with Gasteiger partial charge in [-0.15, -0.1) is 0 Å². The largest absolute Gasteiger partial charge is 0.370 e. The number of morpholine rings is 1. The Bertz CT molecular complexity index is 747. The van der Waals surface area contributed by atoms with Crippen LogP contribution in [0.3, 0.4) is 0 Å². The van der Waals surface area contributed by atoms with E-state index in [9.17, 15) is 0 Å². The normalized spacial score (nSPS) is 18.6. The van der Waals surface area contributed by atoms with Crippen molar-refractivity contribution in [3.8, 4) is 0 Å². The Kier molecular flexibility index (Phi) is 5.32. The van der Waals surface area contributed by atoms with Crippen molar-refractivity contribution in [2.75, 3.05) is 24.6 Å². The number of hydrogen-bond donors (Lipinski definition) is 0. The number of aromatic nitrogens is 4. The molecule has 3 rings (SSSR count). The molecule has 6 heteroatoms. The Hall–Kier alpha value is -1.95. The molecule has 0 amide bonds. The lowest BCUT2D eigenvalue weighted by Gasteiger charge is -2.34. The van der Waals surface area contributed by atoms with Gasteiger partial charge in [0.1, 0.15) is 17.7 Å². The molecule has 0 aromatic carbocycles. The molecule has 3 heterocycles. The van der Waals surface area contributed by atoms with Gasteiger partial charge in [-0.05, 0) is 6.92 Å². The van der Waals surface area contributed by atoms with E-state index in [1.54, 1.807) is 0 Å². The number of hydrogen-bond acceptors (Lipinski definition) is 5. The molecule has 1 fully saturated rings. The molecule has 1 atom stereocenters. The zero-order chi connectivity index (χ0) is 18.9. The first-order valence-corrected chi connectivity index (χ1v) is 9.56. The Morgan fingerprint density at radius 1 is 1.27 bits per heavy atom. The predicted molar refractivity (Wildman–Crippen MR) is 104 cm³/mol. The standard InChI is InChI=1S/C20H31N5O/c1-7-25-12-15(11-21-25)16-13-24(8-9-26-16)18-10-17(20(4,5)6)22-19(23-18)14(2)3/h10-12,14,16H,7-9,13H2,1-6H3. The molecule has 6 nitrogen and oxygen atoms in total. The molecular weight excluding hydrogens is 326 g/mol. The molecule has 0 bridgehead atoms. The zero-order valence-corrected chi connectivity index (χ0v) is 16.9. The van der Waals surface area contributed by atoms with Crippen molar-refractivity contribution in [3.05, 3.63) is 35.5 Å². The molecule has 1 aliphatic heterocycles. The maximum Gasteiger partial charge on any atom is 0.133 e. The van der Waals surface area contributed by atoms with Crippen LogP contribution in [0.2, 0.25) is 0 Å². The molecule has 142 valence electrons. The third kappa shape index (κ3) is 4.06. The first-order chi connectivity index (χ1) is 12.3. The van der Waals surface area contributed by atoms with Gasteiger partial charge in [0.25, 0.3) is 0 Å². The van der Waals surface area contributed by atoms with Gasteiger partial charge in [-0.3, -0.25) is 4.68 Å². The summed E-state index contributed by atoms with van der Waals surface area (Å²) in [4.78, 5) is 12.0. The predicted octanol–water partition coefficient (Wildman–Crippen LogP) is 3.69. The van der Waals surface area contributed by atoms with Gasteiger partial charge in [0.15, 0.2) is 0 Å². The zero-order valence-electron chi connectivity index (χ0n) is 16.9. The molecule has 2 aromatic heterocycles. The van der Waals surface area contributed by atoms with Crippen molar-refractivity contribution in [1.29, 1.82) is 0 Å². The van der Waals surface area contributed by atoms with Gasteiger partial charge in [0.05, 0.1) is 18.5 Å². The summed E-state index contributed by atoms with van der Waals surface area (Å²) < 4.78 is 7.95. The van der Waals surface area contributed by atoms with Crippen LogP contribution in [0.5, 0.6) is 0 Å². The fourth-order valence-corrected chi connectivity index (χ4v) is 3.03. The van der Waals surface area contributed by atoms with E-state index in [0.29, 0.717) is 12.5 Å². The van der Waals surface area contributed by atoms with E-state index in [1.165, 1.54) is 0 Å². The van der Waals surface area contributed by atoms with E-state index < -0.39 is 0 Å². The molecular formula is C20H31N5O. The molecule has 1 aliphatic rings. The topological polar surface area (TPSA) is 56.1 Å². The minimum Gasteiger partial charge on any atom is -0.370 e. The van der Waals surface area contributed by atoms with Gasteiger partial charge >= 0.3 is 0 Å². The van der Waals surface area contributed by atoms with Crippen LogP contribution in [0.15, 0.2) is 18.5 Å². The van der Waals surface area contributed by atoms with Gasteiger partial charge in [-0.1, -0.05) is 34.6 Å². The van der Waals surface area contributed by atoms with Crippen LogP contribution in [-0.2, 0) is 16.7 Å². The highest BCUT2D eigenvalue weighted by molar-refractivity contribution is 5.43. The van der Waals surface area contributed by atoms with Crippen molar-refractivity contribution in [3.63, 3.8) is 0 Å². The summed E-state index contributed by atoms with van der Waals surface area (Å²) in [5.74, 6) is 2.22. The van der Waals surface area contributed by atoms with Crippen molar-refractivity contribution in [2.24, 2.45) is 0 Å². The van der Waals surface area contributed by atoms with E-state index >= 15 is 0 Å². The smallest absolute Gasteiger partial charge is 0.133 e. The first kappa shape index (κ1) is 18.8. The van der Waals surface area contributed by atoms with Crippen molar-refractivity contribution in [1.82, 2.24) is 19.7 Å². The van der Waals surface area contributed by atoms with Crippen LogP contribution in [0.1, 0.15) is 70.6 Å². The van der Waals surface area contributed by atoms with Crippen molar-refractivity contribution >= 4 is 5.82 Å². The van der Waals surface area contributed by atoms with E-state index in [2.05, 4.69) is 63.8 Å². The van der Waals surface area contributed by atoms with Gasteiger partial charge in [-0.25, -0.2) is 9.97 Å². The maximum absolute atomic E-state index is 6.01. The SMILES string of the molecule is CCn1cc(C2CN(c3cc(C(C)(C)C)nc(C(C)C)n3)CCO2)cn1. The van der Waals surface area contributed by atoms with Gasteiger partial charge in [0.2, 0.25) is 0 Å². The second-order valence-electron chi connectivity index (χ2n) is 8.31. The second-order valence-corrected chi connectivity index (χ2v) is 8.31. The molecule has 0 spiro atoms. The van der Waals surface area contributed by atoms with Crippen molar-refractivity contribution < 1.29 is 4.74 Å². The number of aryl methyl sites for hydroxylation is 1. The third-order valence-electron chi connectivity index (χ3n) is 4.75. The summed E-state index contributed by atoms with van der Waals surface area (Å²) in [5.41, 5.74) is 2.22. The highest BCUT2D eigenvalue weighted by Gasteiger charge is 2.26. The maximum atomic E-state index is 6.01. The Balaban J connectivity index is 1.88. The molecule has 0 N–H and O–H groups in total. The quantitative estimate of drug-likeness (QED) is 0.835. The molecule has 0 saturated carbocycles. The highest BCUT2D eigenvalue weighted by Crippen LogP contribution is 2.29. The minimum absolute atomic E-state index is 0.00468. The van der Waals surface area contributed by atoms with Gasteiger partial charge in [0, 0.05) is 48.8 Å². The number of anilines is 1. The summed E-state index contributed by atoms with van der Waals surface area (Å²) in [6.07, 6.45) is 4.02. The van der Waals surface area contributed by atoms with Crippen LogP contribution in [0.25, 0.3) is 0 Å². The fourth-order valence-electron chi connectivity index (χ4n) is 3.03. The summed E-state index contributed by atoms with van der Waals surface area (Å²) in [6, 6.07) is 2.14. The first-order valence-electron chi connectivity index (χ1n) is 9.56. The van der Waals surface area contributed by atoms with Crippen LogP contribution < -0.4 is 4.90 Å². The van der Waals surface area contributed by atoms with Gasteiger partial charge < -0.3 is 9.64 Å². The number of ether oxygens (including phenoxy) is 1. The van der Waals surface area contributed by atoms with Gasteiger partial charge in [-0.2, -0.15) is 5.10 Å². The third-order valence-corrected chi connectivity index (χ3v) is 4.75. The molecule has 0 aliphatic carbocycles. The second kappa shape index (κ2) is 7.35. The summed E-state index contributed by atoms with van der Waals surface area (Å²) in [6.45, 7) is 16.2. The summed E-state index contributed by atoms with van der Waals surface area (Å²) in [5, 5.41) is 4.38. The van der Waals surface area contributed by atoms with Crippen LogP contribution in [-0.4, -0.2) is 39.4 Å². The molecule has 0 radical (unpaired) electrons. The Morgan fingerprint density at radius 2 is 2.04 bits per heavy atom. The van der Waals surface area contributed by atoms with Crippen LogP contribution >= 0.6 is 0 Å². The lowest BCUT2D eigenvalue weighted by molar-refractivity contribution is 0.0394. The Morgan fingerprint density at radius 3 is 2.65 bits per heavy atom.